The first-order chi connectivity index (χ1) is 42.2. The molecule has 3 radical (unpaired) electrons. The van der Waals surface area contributed by atoms with Gasteiger partial charge in [0.05, 0.1) is 73.0 Å². The molecule has 89 heavy (non-hydrogen) atoms. The summed E-state index contributed by atoms with van der Waals surface area (Å²) in [4.78, 5) is 9.13. The molecule has 0 saturated heterocycles. The van der Waals surface area contributed by atoms with Crippen molar-refractivity contribution in [2.45, 2.75) is 53.6 Å². The van der Waals surface area contributed by atoms with Gasteiger partial charge in [-0.25, -0.2) is 0 Å². The van der Waals surface area contributed by atoms with Crippen molar-refractivity contribution in [2.75, 3.05) is 13.3 Å². The van der Waals surface area contributed by atoms with Crippen molar-refractivity contribution in [1.82, 2.24) is 30.4 Å². The van der Waals surface area contributed by atoms with E-state index in [4.69, 9.17) is 4.98 Å². The van der Waals surface area contributed by atoms with Crippen LogP contribution in [-0.2, 0) is 38.8 Å². The third kappa shape index (κ3) is 18.5. The number of hydrogen-bond acceptors (Lipinski definition) is 4. The second kappa shape index (κ2) is 33.4. The summed E-state index contributed by atoms with van der Waals surface area (Å²) < 4.78 is 42.2. The second-order valence-corrected chi connectivity index (χ2v) is 26.9. The van der Waals surface area contributed by atoms with E-state index in [1.54, 1.807) is 42.6 Å². The summed E-state index contributed by atoms with van der Waals surface area (Å²) in [7, 11) is -1.09. The quantitative estimate of drug-likeness (QED) is 0.0797. The summed E-state index contributed by atoms with van der Waals surface area (Å²) in [6.07, 6.45) is 0.722. The first-order valence-corrected chi connectivity index (χ1v) is 33.4. The van der Waals surface area contributed by atoms with E-state index >= 15 is 0 Å². The number of benzene rings is 8. The predicted octanol–water partition coefficient (Wildman–Crippen LogP) is 17.2. The predicted molar refractivity (Wildman–Crippen MR) is 369 cm³/mol. The molecule has 447 valence electrons. The summed E-state index contributed by atoms with van der Waals surface area (Å²) in [5.74, 6) is 0.884. The largest absolute Gasteiger partial charge is 2.00 e. The number of alkyl halides is 3. The van der Waals surface area contributed by atoms with Gasteiger partial charge in [-0.05, 0) is 131 Å². The van der Waals surface area contributed by atoms with Crippen LogP contribution >= 0.6 is 15.8 Å². The van der Waals surface area contributed by atoms with Crippen LogP contribution in [0.25, 0.3) is 67.5 Å². The third-order valence-electron chi connectivity index (χ3n) is 14.8. The normalized spacial score (nSPS) is 10.9. The van der Waals surface area contributed by atoms with Crippen molar-refractivity contribution in [3.8, 4) is 67.5 Å². The minimum atomic E-state index is -4.61. The third-order valence-corrected chi connectivity index (χ3v) is 19.6. The molecule has 0 saturated carbocycles. The molecule has 13 heteroatoms. The van der Waals surface area contributed by atoms with Crippen LogP contribution < -0.4 is 31.4 Å². The van der Waals surface area contributed by atoms with Crippen LogP contribution in [0.5, 0.6) is 0 Å². The molecule has 8 aromatic carbocycles. The van der Waals surface area contributed by atoms with Crippen LogP contribution in [0.3, 0.4) is 0 Å². The number of nitrogens with zero attached hydrogens (tertiary/aromatic N) is 6. The van der Waals surface area contributed by atoms with Crippen LogP contribution in [-0.4, -0.2) is 41.9 Å². The molecule has 0 spiro atoms. The van der Waals surface area contributed by atoms with Crippen molar-refractivity contribution in [3.05, 3.63) is 289 Å². The van der Waals surface area contributed by atoms with Crippen LogP contribution in [0.2, 0.25) is 0 Å². The maximum Gasteiger partial charge on any atom is 2.00 e. The van der Waals surface area contributed by atoms with Gasteiger partial charge in [0.2, 0.25) is 0 Å². The van der Waals surface area contributed by atoms with E-state index in [0.29, 0.717) is 23.8 Å². The zero-order chi connectivity index (χ0) is 61.1. The maximum absolute atomic E-state index is 14.1. The van der Waals surface area contributed by atoms with Crippen molar-refractivity contribution in [1.29, 1.82) is 0 Å². The average molecular weight is 1390 g/mol. The Morgan fingerprint density at radius 2 is 0.685 bits per heavy atom. The van der Waals surface area contributed by atoms with Crippen LogP contribution in [0.15, 0.2) is 267 Å². The van der Waals surface area contributed by atoms with Crippen molar-refractivity contribution < 1.29 is 33.0 Å². The molecule has 12 rings (SSSR count). The van der Waals surface area contributed by atoms with Gasteiger partial charge in [0.15, 0.2) is 0 Å². The van der Waals surface area contributed by atoms with Crippen LogP contribution in [0.4, 0.5) is 13.2 Å². The van der Waals surface area contributed by atoms with E-state index in [0.717, 1.165) is 51.3 Å². The number of hydrogen-bond donors (Lipinski definition) is 0. The van der Waals surface area contributed by atoms with E-state index in [2.05, 4.69) is 237 Å². The average Bonchev–Trinajstić information content (AvgIpc) is 3.44. The van der Waals surface area contributed by atoms with Gasteiger partial charge in [-0.1, -0.05) is 233 Å². The molecule has 0 fully saturated rings. The van der Waals surface area contributed by atoms with Crippen molar-refractivity contribution in [3.63, 3.8) is 0 Å². The number of rotatable bonds is 14. The van der Waals surface area contributed by atoms with E-state index in [-0.39, 0.29) is 45.3 Å². The molecule has 4 aromatic heterocycles. The molecule has 0 aliphatic heterocycles. The summed E-state index contributed by atoms with van der Waals surface area (Å²) in [6.45, 7) is 15.4. The van der Waals surface area contributed by atoms with E-state index in [9.17, 15) is 13.2 Å². The molecule has 12 aromatic rings. The Balaban J connectivity index is 0.000000177. The topological polar surface area (TPSA) is 79.8 Å². The Hall–Kier alpha value is -8.17. The summed E-state index contributed by atoms with van der Waals surface area (Å²) in [5.41, 5.74) is 10.6. The van der Waals surface area contributed by atoms with Crippen molar-refractivity contribution in [2.24, 2.45) is 11.8 Å². The fraction of sp³-hybridized carbons (Fsp3) is 0.158. The molecule has 0 bridgehead atoms. The van der Waals surface area contributed by atoms with Crippen molar-refractivity contribution >= 4 is 45.5 Å². The zero-order valence-electron chi connectivity index (χ0n) is 51.2. The fourth-order valence-electron chi connectivity index (χ4n) is 10.3. The molecule has 0 unspecified atom stereocenters. The van der Waals surface area contributed by atoms with Gasteiger partial charge in [-0.2, -0.15) is 13.2 Å². The SMILES string of the molecule is CC(C)Cc1cc(-c2[n-]nc(-c3ccccc3)c2C(F)(F)F)ncc1-c1ccccc1.C[PH+](c1ccccc1)c1ccccc1.C[PH+](c1ccccc1)c1ccccc1.Cc1c(-c2ccccc2)n[n-]c1-c1cc(CC(C)C)c(-c2ccccc2)cn1.[B].[Os+2]. The standard InChI is InChI=1S/C25H21F3N3.C25H24N3.2C13H13P.B.Os/c1-16(2)13-19-14-21(29-15-20(19)17-9-5-3-6-10-17)24-22(25(26,27)28)23(30-31-24)18-11-7-4-8-12-18;1-17(2)14-21-15-23(26-16-22(21)19-10-6-4-7-11-19)25-18(3)24(27-28-25)20-12-8-5-9-13-20;2*1-14(12-8-4-2-5-9-12)13-10-6-3-7-11-13;;/h3-12,14-16H,13H2,1-2H3;4-13,15-17H,14H2,1-3H3;2*2-11H,1H3;;/q2*-1;;;;+2/p+2. The van der Waals surface area contributed by atoms with Gasteiger partial charge in [-0.15, -0.1) is 0 Å². The molecule has 0 amide bonds. The molecule has 6 nitrogen and oxygen atoms in total. The van der Waals surface area contributed by atoms with Gasteiger partial charge in [-0.3, -0.25) is 9.97 Å². The molecule has 0 aliphatic rings. The number of halogens is 3. The van der Waals surface area contributed by atoms with E-state index in [1.165, 1.54) is 37.9 Å². The minimum absolute atomic E-state index is 0. The van der Waals surface area contributed by atoms with Gasteiger partial charge in [0.1, 0.15) is 0 Å². The van der Waals surface area contributed by atoms with Crippen LogP contribution in [0.1, 0.15) is 49.9 Å². The molecule has 0 N–H and O–H groups in total. The smallest absolute Gasteiger partial charge is 0.573 e. The van der Waals surface area contributed by atoms with Gasteiger partial charge < -0.3 is 20.4 Å². The van der Waals surface area contributed by atoms with E-state index in [1.807, 2.05) is 60.8 Å². The Labute approximate surface area is 541 Å². The summed E-state index contributed by atoms with van der Waals surface area (Å²) >= 11 is 0. The molecule has 0 aliphatic carbocycles. The molecule has 0 atom stereocenters. The number of aromatic nitrogens is 6. The maximum atomic E-state index is 14.1. The summed E-state index contributed by atoms with van der Waals surface area (Å²) in [6, 6.07) is 85.6. The Morgan fingerprint density at radius 3 is 1.01 bits per heavy atom. The van der Waals surface area contributed by atoms with Gasteiger partial charge >= 0.3 is 26.0 Å². The first-order valence-electron chi connectivity index (χ1n) is 29.4. The fourth-order valence-corrected chi connectivity index (χ4v) is 13.8. The van der Waals surface area contributed by atoms with Gasteiger partial charge in [0, 0.05) is 37.6 Å². The van der Waals surface area contributed by atoms with E-state index < -0.39 is 27.6 Å². The summed E-state index contributed by atoms with van der Waals surface area (Å²) in [5, 5.41) is 22.6. The van der Waals surface area contributed by atoms with Crippen LogP contribution in [0, 0.1) is 18.8 Å². The monoisotopic (exact) mass is 1390 g/mol. The molecule has 4 heterocycles. The molecular weight excluding hydrogens is 1320 g/mol. The zero-order valence-corrected chi connectivity index (χ0v) is 55.8. The minimum Gasteiger partial charge on any atom is -0.573 e. The first kappa shape index (κ1) is 68.3. The Bertz CT molecular complexity index is 3850. The number of pyridine rings is 2. The van der Waals surface area contributed by atoms with Gasteiger partial charge in [0.25, 0.3) is 0 Å². The Morgan fingerprint density at radius 1 is 0.404 bits per heavy atom. The second-order valence-electron chi connectivity index (χ2n) is 22.1. The molecular formula is C76H73BF3N6OsP2+2. The Kier molecular flexibility index (Phi) is 25.7.